The minimum absolute atomic E-state index is 0.845. The van der Waals surface area contributed by atoms with E-state index < -0.39 is 0 Å². The van der Waals surface area contributed by atoms with Crippen LogP contribution in [0.25, 0.3) is 0 Å². The van der Waals surface area contributed by atoms with Crippen molar-refractivity contribution >= 4 is 0 Å². The summed E-state index contributed by atoms with van der Waals surface area (Å²) >= 11 is 0. The van der Waals surface area contributed by atoms with Gasteiger partial charge in [-0.2, -0.15) is 0 Å². The minimum Gasteiger partial charge on any atom is -0.316 e. The number of aryl methyl sites for hydroxylation is 1. The topological polar surface area (TPSA) is 12.0 Å². The second kappa shape index (κ2) is 7.45. The lowest BCUT2D eigenvalue weighted by atomic mass is 10.0. The summed E-state index contributed by atoms with van der Waals surface area (Å²) in [7, 11) is 0. The largest absolute Gasteiger partial charge is 0.316 e. The zero-order chi connectivity index (χ0) is 11.8. The van der Waals surface area contributed by atoms with Crippen LogP contribution in [0.2, 0.25) is 0 Å². The van der Waals surface area contributed by atoms with Crippen LogP contribution in [0.1, 0.15) is 37.8 Å². The SMILES string of the molecule is CCC(CC)CNCCc1cccc(C)c1. The van der Waals surface area contributed by atoms with Crippen molar-refractivity contribution in [3.05, 3.63) is 35.4 Å². The quantitative estimate of drug-likeness (QED) is 0.691. The highest BCUT2D eigenvalue weighted by atomic mass is 14.8. The molecule has 0 saturated carbocycles. The van der Waals surface area contributed by atoms with Crippen LogP contribution < -0.4 is 5.32 Å². The summed E-state index contributed by atoms with van der Waals surface area (Å²) in [5.41, 5.74) is 2.80. The summed E-state index contributed by atoms with van der Waals surface area (Å²) < 4.78 is 0. The molecule has 90 valence electrons. The van der Waals surface area contributed by atoms with Crippen molar-refractivity contribution in [3.63, 3.8) is 0 Å². The van der Waals surface area contributed by atoms with E-state index in [1.165, 1.54) is 30.5 Å². The molecule has 0 heterocycles. The molecule has 0 aliphatic heterocycles. The third-order valence-corrected chi connectivity index (χ3v) is 3.26. The van der Waals surface area contributed by atoms with Crippen LogP contribution in [0.3, 0.4) is 0 Å². The van der Waals surface area contributed by atoms with E-state index in [0.29, 0.717) is 0 Å². The summed E-state index contributed by atoms with van der Waals surface area (Å²) in [6.07, 6.45) is 3.71. The molecule has 0 saturated heterocycles. The van der Waals surface area contributed by atoms with Gasteiger partial charge < -0.3 is 5.32 Å². The first kappa shape index (κ1) is 13.2. The van der Waals surface area contributed by atoms with Crippen molar-refractivity contribution in [3.8, 4) is 0 Å². The van der Waals surface area contributed by atoms with Crippen LogP contribution in [0, 0.1) is 12.8 Å². The van der Waals surface area contributed by atoms with Gasteiger partial charge in [-0.15, -0.1) is 0 Å². The fourth-order valence-electron chi connectivity index (χ4n) is 1.98. The van der Waals surface area contributed by atoms with E-state index in [2.05, 4.69) is 50.4 Å². The van der Waals surface area contributed by atoms with Gasteiger partial charge in [0.1, 0.15) is 0 Å². The smallest absolute Gasteiger partial charge is 0.000823 e. The Morgan fingerprint density at radius 1 is 1.19 bits per heavy atom. The molecule has 0 atom stereocenters. The van der Waals surface area contributed by atoms with E-state index in [1.807, 2.05) is 0 Å². The Morgan fingerprint density at radius 3 is 2.56 bits per heavy atom. The van der Waals surface area contributed by atoms with Crippen LogP contribution in [-0.2, 0) is 6.42 Å². The van der Waals surface area contributed by atoms with Crippen molar-refractivity contribution in [1.29, 1.82) is 0 Å². The fourth-order valence-corrected chi connectivity index (χ4v) is 1.98. The third kappa shape index (κ3) is 4.80. The van der Waals surface area contributed by atoms with E-state index in [0.717, 1.165) is 18.9 Å². The second-order valence-electron chi connectivity index (χ2n) is 4.63. The van der Waals surface area contributed by atoms with E-state index in [-0.39, 0.29) is 0 Å². The van der Waals surface area contributed by atoms with Gasteiger partial charge in [-0.1, -0.05) is 56.5 Å². The molecule has 0 amide bonds. The van der Waals surface area contributed by atoms with Gasteiger partial charge in [0.2, 0.25) is 0 Å². The maximum Gasteiger partial charge on any atom is -0.000823 e. The van der Waals surface area contributed by atoms with E-state index in [1.54, 1.807) is 0 Å². The number of rotatable bonds is 7. The summed E-state index contributed by atoms with van der Waals surface area (Å²) in [4.78, 5) is 0. The molecule has 1 aromatic rings. The average Bonchev–Trinajstić information content (AvgIpc) is 2.29. The zero-order valence-corrected chi connectivity index (χ0v) is 10.9. The van der Waals surface area contributed by atoms with Crippen LogP contribution >= 0.6 is 0 Å². The second-order valence-corrected chi connectivity index (χ2v) is 4.63. The summed E-state index contributed by atoms with van der Waals surface area (Å²) in [5, 5.41) is 3.56. The molecule has 0 unspecified atom stereocenters. The monoisotopic (exact) mass is 219 g/mol. The molecule has 1 N–H and O–H groups in total. The maximum atomic E-state index is 3.56. The van der Waals surface area contributed by atoms with Gasteiger partial charge >= 0.3 is 0 Å². The molecule has 0 aliphatic rings. The molecular weight excluding hydrogens is 194 g/mol. The molecule has 0 aliphatic carbocycles. The van der Waals surface area contributed by atoms with Gasteiger partial charge in [-0.3, -0.25) is 0 Å². The van der Waals surface area contributed by atoms with Gasteiger partial charge in [-0.25, -0.2) is 0 Å². The Kier molecular flexibility index (Phi) is 6.17. The average molecular weight is 219 g/mol. The molecule has 0 spiro atoms. The highest BCUT2D eigenvalue weighted by Crippen LogP contribution is 2.06. The van der Waals surface area contributed by atoms with Gasteiger partial charge in [0.05, 0.1) is 0 Å². The Hall–Kier alpha value is -0.820. The molecule has 1 aromatic carbocycles. The predicted octanol–water partition coefficient (Wildman–Crippen LogP) is 3.56. The molecule has 1 nitrogen and oxygen atoms in total. The maximum absolute atomic E-state index is 3.56. The Bertz CT molecular complexity index is 289. The first-order valence-corrected chi connectivity index (χ1v) is 6.52. The molecule has 1 heteroatoms. The molecule has 0 aromatic heterocycles. The highest BCUT2D eigenvalue weighted by Gasteiger charge is 2.01. The standard InChI is InChI=1S/C15H25N/c1-4-14(5-2)12-16-10-9-15-8-6-7-13(3)11-15/h6-8,11,14,16H,4-5,9-10,12H2,1-3H3. The molecule has 0 fully saturated rings. The first-order chi connectivity index (χ1) is 7.76. The Balaban J connectivity index is 2.20. The third-order valence-electron chi connectivity index (χ3n) is 3.26. The number of nitrogens with one attached hydrogen (secondary N) is 1. The normalized spacial score (nSPS) is 11.0. The summed E-state index contributed by atoms with van der Waals surface area (Å²) in [5.74, 6) is 0.845. The minimum atomic E-state index is 0.845. The first-order valence-electron chi connectivity index (χ1n) is 6.52. The van der Waals surface area contributed by atoms with Gasteiger partial charge in [0.25, 0.3) is 0 Å². The number of benzene rings is 1. The van der Waals surface area contributed by atoms with Gasteiger partial charge in [-0.05, 0) is 37.9 Å². The van der Waals surface area contributed by atoms with Crippen LogP contribution in [0.4, 0.5) is 0 Å². The molecule has 0 bridgehead atoms. The lowest BCUT2D eigenvalue weighted by molar-refractivity contribution is 0.452. The van der Waals surface area contributed by atoms with Crippen molar-refractivity contribution in [2.45, 2.75) is 40.0 Å². The zero-order valence-electron chi connectivity index (χ0n) is 10.9. The molecular formula is C15H25N. The van der Waals surface area contributed by atoms with Crippen molar-refractivity contribution in [2.75, 3.05) is 13.1 Å². The Labute approximate surface area is 100 Å². The van der Waals surface area contributed by atoms with Crippen molar-refractivity contribution in [2.24, 2.45) is 5.92 Å². The number of hydrogen-bond acceptors (Lipinski definition) is 1. The lowest BCUT2D eigenvalue weighted by Crippen LogP contribution is -2.24. The van der Waals surface area contributed by atoms with Gasteiger partial charge in [0.15, 0.2) is 0 Å². The summed E-state index contributed by atoms with van der Waals surface area (Å²) in [6, 6.07) is 8.79. The summed E-state index contributed by atoms with van der Waals surface area (Å²) in [6.45, 7) is 8.96. The van der Waals surface area contributed by atoms with Crippen LogP contribution in [0.15, 0.2) is 24.3 Å². The van der Waals surface area contributed by atoms with E-state index in [4.69, 9.17) is 0 Å². The van der Waals surface area contributed by atoms with Crippen molar-refractivity contribution in [1.82, 2.24) is 5.32 Å². The molecule has 0 radical (unpaired) electrons. The highest BCUT2D eigenvalue weighted by molar-refractivity contribution is 5.22. The Morgan fingerprint density at radius 2 is 1.94 bits per heavy atom. The van der Waals surface area contributed by atoms with E-state index >= 15 is 0 Å². The van der Waals surface area contributed by atoms with Gasteiger partial charge in [0, 0.05) is 0 Å². The van der Waals surface area contributed by atoms with Crippen molar-refractivity contribution < 1.29 is 0 Å². The van der Waals surface area contributed by atoms with E-state index in [9.17, 15) is 0 Å². The molecule has 16 heavy (non-hydrogen) atoms. The predicted molar refractivity (Wildman–Crippen MR) is 71.8 cm³/mol. The van der Waals surface area contributed by atoms with Crippen LogP contribution in [0.5, 0.6) is 0 Å². The molecule has 1 rings (SSSR count). The van der Waals surface area contributed by atoms with Crippen LogP contribution in [-0.4, -0.2) is 13.1 Å². The fraction of sp³-hybridized carbons (Fsp3) is 0.600. The lowest BCUT2D eigenvalue weighted by Gasteiger charge is -2.13. The number of hydrogen-bond donors (Lipinski definition) is 1.